The van der Waals surface area contributed by atoms with E-state index in [9.17, 15) is 27.9 Å². The second-order valence-corrected chi connectivity index (χ2v) is 11.9. The Kier molecular flexibility index (Phi) is 8.76. The highest BCUT2D eigenvalue weighted by Gasteiger charge is 2.57. The quantitative estimate of drug-likeness (QED) is 0.0940. The molecule has 2 atom stereocenters. The smallest absolute Gasteiger partial charge is 0.418 e. The van der Waals surface area contributed by atoms with Crippen LogP contribution < -0.4 is 10.5 Å². The van der Waals surface area contributed by atoms with Gasteiger partial charge in [0.05, 0.1) is 11.5 Å². The Morgan fingerprint density at radius 3 is 2.52 bits per heavy atom. The number of amides is 1. The van der Waals surface area contributed by atoms with E-state index in [1.165, 1.54) is 19.2 Å². The summed E-state index contributed by atoms with van der Waals surface area (Å²) in [5.41, 5.74) is 6.00. The third-order valence-electron chi connectivity index (χ3n) is 6.56. The Labute approximate surface area is 244 Å². The van der Waals surface area contributed by atoms with Crippen molar-refractivity contribution in [3.05, 3.63) is 47.0 Å². The summed E-state index contributed by atoms with van der Waals surface area (Å²) in [5.74, 6) is -3.73. The third-order valence-corrected chi connectivity index (χ3v) is 7.57. The molecule has 0 saturated carbocycles. The van der Waals surface area contributed by atoms with E-state index in [0.717, 1.165) is 29.0 Å². The number of oxime groups is 1. The Morgan fingerprint density at radius 1 is 1.31 bits per heavy atom. The van der Waals surface area contributed by atoms with Gasteiger partial charge in [-0.05, 0) is 37.6 Å². The van der Waals surface area contributed by atoms with Crippen LogP contribution in [0.15, 0.2) is 40.9 Å². The molecule has 4 N–H and O–H groups in total. The van der Waals surface area contributed by atoms with Gasteiger partial charge in [0, 0.05) is 17.4 Å². The number of β-lactam (4-membered cyclic amide) rings is 1. The molecule has 0 aliphatic carbocycles. The maximum atomic E-state index is 13.2. The van der Waals surface area contributed by atoms with Crippen LogP contribution in [0.5, 0.6) is 5.75 Å². The molecule has 1 aromatic carbocycles. The van der Waals surface area contributed by atoms with Crippen molar-refractivity contribution in [1.29, 1.82) is 0 Å². The number of aromatic nitrogens is 1. The number of rotatable bonds is 13. The van der Waals surface area contributed by atoms with Crippen molar-refractivity contribution in [2.24, 2.45) is 11.1 Å². The number of anilines is 1. The van der Waals surface area contributed by atoms with Gasteiger partial charge in [-0.1, -0.05) is 17.3 Å². The number of Topliss-reactive ketones (excluding diaryl/α,β-unsaturated/α-hetero) is 1. The lowest BCUT2D eigenvalue weighted by Crippen LogP contribution is -2.68. The highest BCUT2D eigenvalue weighted by molar-refractivity contribution is 7.80. The van der Waals surface area contributed by atoms with E-state index in [1.807, 2.05) is 30.0 Å². The molecule has 0 bridgehead atoms. The lowest BCUT2D eigenvalue weighted by molar-refractivity contribution is -0.477. The molecule has 1 amide bonds. The summed E-state index contributed by atoms with van der Waals surface area (Å²) in [4.78, 5) is 46.8. The summed E-state index contributed by atoms with van der Waals surface area (Å²) in [6, 6.07) is 7.04. The number of hydrogen-bond donors (Lipinski definition) is 3. The average molecular weight is 623 g/mol. The lowest BCUT2D eigenvalue weighted by atomic mass is 9.74. The number of carboxylic acids is 1. The van der Waals surface area contributed by atoms with Crippen LogP contribution in [0.2, 0.25) is 0 Å². The number of likely N-dealkylation sites (N-methyl/N-ethyl adjacent to an activating group) is 1. The highest BCUT2D eigenvalue weighted by Crippen LogP contribution is 2.40. The maximum Gasteiger partial charge on any atom is 0.418 e. The van der Waals surface area contributed by atoms with Crippen molar-refractivity contribution < 1.29 is 50.9 Å². The van der Waals surface area contributed by atoms with E-state index in [-0.39, 0.29) is 10.8 Å². The normalized spacial score (nSPS) is 19.0. The van der Waals surface area contributed by atoms with Crippen LogP contribution >= 0.6 is 11.3 Å². The van der Waals surface area contributed by atoms with Crippen molar-refractivity contribution in [3.8, 4) is 5.75 Å². The fourth-order valence-corrected chi connectivity index (χ4v) is 5.24. The first-order valence-electron chi connectivity index (χ1n) is 12.4. The minimum absolute atomic E-state index is 0.0116. The monoisotopic (exact) mass is 622 g/mol. The van der Waals surface area contributed by atoms with Crippen molar-refractivity contribution in [1.82, 2.24) is 10.0 Å². The van der Waals surface area contributed by atoms with Gasteiger partial charge in [0.2, 0.25) is 0 Å². The largest absolute Gasteiger partial charge is 0.489 e. The second kappa shape index (κ2) is 12.0. The molecule has 1 saturated heterocycles. The van der Waals surface area contributed by atoms with Gasteiger partial charge >= 0.3 is 16.4 Å². The Bertz CT molecular complexity index is 1600. The van der Waals surface area contributed by atoms with E-state index in [2.05, 4.69) is 20.5 Å². The number of nitrogens with zero attached hydrogens (tertiary/aromatic N) is 4. The molecule has 1 fully saturated rings. The van der Waals surface area contributed by atoms with Gasteiger partial charge in [0.15, 0.2) is 29.4 Å². The number of nitrogen functional groups attached to an aromatic ring is 1. The van der Waals surface area contributed by atoms with E-state index >= 15 is 0 Å². The first-order chi connectivity index (χ1) is 19.7. The zero-order chi connectivity index (χ0) is 30.8. The molecule has 3 heterocycles. The molecular weight excluding hydrogens is 594 g/mol. The van der Waals surface area contributed by atoms with E-state index in [1.54, 1.807) is 12.1 Å². The first-order valence-corrected chi connectivity index (χ1v) is 14.6. The van der Waals surface area contributed by atoms with Crippen LogP contribution in [0.4, 0.5) is 5.13 Å². The van der Waals surface area contributed by atoms with Gasteiger partial charge in [-0.2, -0.15) is 13.5 Å². The van der Waals surface area contributed by atoms with E-state index < -0.39 is 64.4 Å². The Hall–Kier alpha value is -4.19. The fourth-order valence-electron chi connectivity index (χ4n) is 4.24. The maximum absolute atomic E-state index is 13.2. The van der Waals surface area contributed by atoms with Gasteiger partial charge < -0.3 is 20.4 Å². The molecule has 0 unspecified atom stereocenters. The molecule has 1 aromatic heterocycles. The molecule has 2 aromatic rings. The molecule has 2 aliphatic rings. The molecule has 42 heavy (non-hydrogen) atoms. The fraction of sp³-hybridized carbons (Fsp3) is 0.360. The SMILES string of the molecule is C[N+]1=CC(c2ccc(OC[C@H](O/N=C(\C(=O)C[C@@H]3C(=O)N(OS(=O)(=O)O)C3(C)C)c3csc(N)n3)C(=O)O)cc2)=CC1. The van der Waals surface area contributed by atoms with Crippen molar-refractivity contribution in [3.63, 3.8) is 0 Å². The van der Waals surface area contributed by atoms with Crippen LogP contribution in [-0.4, -0.2) is 94.1 Å². The van der Waals surface area contributed by atoms with Gasteiger partial charge in [0.1, 0.15) is 25.1 Å². The molecule has 0 radical (unpaired) electrons. The van der Waals surface area contributed by atoms with Crippen LogP contribution in [0.1, 0.15) is 31.5 Å². The Balaban J connectivity index is 1.46. The summed E-state index contributed by atoms with van der Waals surface area (Å²) in [6.07, 6.45) is 1.97. The number of aliphatic carboxylic acids is 1. The second-order valence-electron chi connectivity index (χ2n) is 9.98. The summed E-state index contributed by atoms with van der Waals surface area (Å²) in [6.45, 7) is 3.21. The average Bonchev–Trinajstić information content (AvgIpc) is 3.55. The minimum Gasteiger partial charge on any atom is -0.489 e. The molecule has 17 heteroatoms. The minimum atomic E-state index is -4.98. The van der Waals surface area contributed by atoms with Crippen LogP contribution in [0.25, 0.3) is 5.57 Å². The predicted octanol–water partition coefficient (Wildman–Crippen LogP) is 1.02. The lowest BCUT2D eigenvalue weighted by Gasteiger charge is -2.50. The van der Waals surface area contributed by atoms with E-state index in [4.69, 9.17) is 19.9 Å². The summed E-state index contributed by atoms with van der Waals surface area (Å²) < 4.78 is 43.0. The Morgan fingerprint density at radius 2 is 2.00 bits per heavy atom. The number of nitrogens with two attached hydrogens (primary N) is 1. The molecule has 4 rings (SSSR count). The number of benzene rings is 1. The number of thiazole rings is 1. The zero-order valence-electron chi connectivity index (χ0n) is 22.7. The number of ketones is 1. The zero-order valence-corrected chi connectivity index (χ0v) is 24.3. The third kappa shape index (κ3) is 6.99. The van der Waals surface area contributed by atoms with Gasteiger partial charge in [-0.25, -0.2) is 14.4 Å². The highest BCUT2D eigenvalue weighted by atomic mass is 32.3. The summed E-state index contributed by atoms with van der Waals surface area (Å²) in [5, 5.41) is 15.4. The topological polar surface area (TPSA) is 211 Å². The predicted molar refractivity (Wildman–Crippen MR) is 149 cm³/mol. The van der Waals surface area contributed by atoms with Crippen LogP contribution in [0, 0.1) is 5.92 Å². The molecule has 0 spiro atoms. The summed E-state index contributed by atoms with van der Waals surface area (Å²) >= 11 is 0.993. The number of hydroxylamine groups is 2. The van der Waals surface area contributed by atoms with Crippen LogP contribution in [0.3, 0.4) is 0 Å². The van der Waals surface area contributed by atoms with Crippen molar-refractivity contribution in [2.45, 2.75) is 31.9 Å². The number of carbonyl (C=O) groups is 3. The summed E-state index contributed by atoms with van der Waals surface area (Å²) in [7, 11) is -3.02. The van der Waals surface area contributed by atoms with Crippen molar-refractivity contribution >= 4 is 62.0 Å². The number of carboxylic acid groups (broad SMARTS) is 1. The van der Waals surface area contributed by atoms with Gasteiger partial charge in [-0.15, -0.1) is 15.6 Å². The molecule has 224 valence electrons. The number of ether oxygens (including phenoxy) is 1. The molecule has 2 aliphatic heterocycles. The molecule has 15 nitrogen and oxygen atoms in total. The first kappa shape index (κ1) is 30.8. The van der Waals surface area contributed by atoms with Crippen LogP contribution in [-0.2, 0) is 33.9 Å². The molecular formula is C25H28N5O10S2+. The number of hydrogen-bond acceptors (Lipinski definition) is 12. The standard InChI is InChI=1S/C25H27N5O10S2/c1-25(2)17(22(32)30(25)40-42(35,36)37)10-19(31)21(18-13-41-24(26)27-18)28-39-20(23(33)34)12-38-16-6-4-14(5-7-16)15-8-9-29(3)11-15/h4-8,11,13,17,20H,9-10,12H2,1-3H3,(H3-,26,27,33,34,35,36,37)/p+1/b28-21-/t17-,20+/m1/s1. The van der Waals surface area contributed by atoms with Gasteiger partial charge in [0.25, 0.3) is 12.0 Å². The van der Waals surface area contributed by atoms with Gasteiger partial charge in [-0.3, -0.25) is 14.1 Å². The van der Waals surface area contributed by atoms with E-state index in [0.29, 0.717) is 10.8 Å². The number of allylic oxidation sites excluding steroid dienone is 1. The van der Waals surface area contributed by atoms with Crippen molar-refractivity contribution in [2.75, 3.05) is 25.9 Å². The number of carbonyl (C=O) groups excluding carboxylic acids is 2.